The molecule has 2 saturated heterocycles. The Morgan fingerprint density at radius 1 is 1.19 bits per heavy atom. The molecule has 144 valence electrons. The van der Waals surface area contributed by atoms with Gasteiger partial charge < -0.3 is 4.90 Å². The van der Waals surface area contributed by atoms with E-state index in [0.717, 1.165) is 29.9 Å². The van der Waals surface area contributed by atoms with Gasteiger partial charge in [0, 0.05) is 19.3 Å². The van der Waals surface area contributed by atoms with E-state index < -0.39 is 41.0 Å². The number of fused-ring (bicyclic) bond motifs is 4. The second kappa shape index (κ2) is 5.71. The van der Waals surface area contributed by atoms with Crippen LogP contribution in [0, 0.1) is 5.41 Å². The van der Waals surface area contributed by atoms with Gasteiger partial charge in [0.2, 0.25) is 11.8 Å². The Kier molecular flexibility index (Phi) is 3.77. The average Bonchev–Trinajstić information content (AvgIpc) is 2.63. The first-order valence-corrected chi connectivity index (χ1v) is 8.76. The number of hydrogen-bond acceptors (Lipinski definition) is 4. The molecule has 1 aromatic rings. The molecular weight excluding hydrogens is 363 g/mol. The predicted octanol–water partition coefficient (Wildman–Crippen LogP) is 2.32. The van der Waals surface area contributed by atoms with Crippen LogP contribution >= 0.6 is 0 Å². The van der Waals surface area contributed by atoms with Gasteiger partial charge in [-0.1, -0.05) is 0 Å². The van der Waals surface area contributed by atoms with E-state index >= 15 is 0 Å². The Morgan fingerprint density at radius 2 is 1.93 bits per heavy atom. The third kappa shape index (κ3) is 2.44. The zero-order valence-corrected chi connectivity index (χ0v) is 14.6. The molecule has 4 rings (SSSR count). The van der Waals surface area contributed by atoms with E-state index in [0.29, 0.717) is 24.2 Å². The molecule has 3 aliphatic heterocycles. The second-order valence-electron chi connectivity index (χ2n) is 7.32. The fourth-order valence-corrected chi connectivity index (χ4v) is 4.56. The summed E-state index contributed by atoms with van der Waals surface area (Å²) in [6.07, 6.45) is -2.50. The number of halogens is 3. The van der Waals surface area contributed by atoms with Crippen molar-refractivity contribution in [3.05, 3.63) is 29.3 Å². The number of barbiturate groups is 1. The van der Waals surface area contributed by atoms with Crippen molar-refractivity contribution in [2.45, 2.75) is 37.9 Å². The molecule has 2 atom stereocenters. The number of rotatable bonds is 0. The molecule has 1 spiro atoms. The Balaban J connectivity index is 1.89. The van der Waals surface area contributed by atoms with Gasteiger partial charge in [-0.05, 0) is 49.4 Å². The first kappa shape index (κ1) is 17.8. The predicted molar refractivity (Wildman–Crippen MR) is 88.9 cm³/mol. The molecule has 3 heterocycles. The molecule has 0 unspecified atom stereocenters. The summed E-state index contributed by atoms with van der Waals surface area (Å²) in [5, 5.41) is 2.21. The Hall–Kier alpha value is -2.58. The van der Waals surface area contributed by atoms with E-state index in [-0.39, 0.29) is 6.42 Å². The number of urea groups is 1. The molecular formula is C18H18F3N3O3. The number of anilines is 1. The molecule has 0 radical (unpaired) electrons. The molecule has 1 aromatic carbocycles. The summed E-state index contributed by atoms with van der Waals surface area (Å²) in [5.74, 6) is -1.38. The molecule has 2 fully saturated rings. The lowest BCUT2D eigenvalue weighted by Crippen LogP contribution is -2.72. The molecule has 0 aromatic heterocycles. The number of alkyl halides is 3. The Labute approximate surface area is 153 Å². The van der Waals surface area contributed by atoms with Crippen LogP contribution in [0.5, 0.6) is 0 Å². The van der Waals surface area contributed by atoms with Crippen molar-refractivity contribution in [1.29, 1.82) is 0 Å². The highest BCUT2D eigenvalue weighted by atomic mass is 19.4. The smallest absolute Gasteiger partial charge is 0.367 e. The number of amides is 4. The van der Waals surface area contributed by atoms with Gasteiger partial charge in [0.15, 0.2) is 5.41 Å². The van der Waals surface area contributed by atoms with Crippen LogP contribution < -0.4 is 10.2 Å². The van der Waals surface area contributed by atoms with Gasteiger partial charge in [-0.3, -0.25) is 19.8 Å². The normalized spacial score (nSPS) is 28.1. The van der Waals surface area contributed by atoms with Gasteiger partial charge in [0.05, 0.1) is 11.6 Å². The summed E-state index contributed by atoms with van der Waals surface area (Å²) in [6, 6.07) is 2.16. The van der Waals surface area contributed by atoms with Crippen LogP contribution in [0.3, 0.4) is 0 Å². The number of nitrogens with zero attached hydrogens (tertiary/aromatic N) is 2. The third-order valence-electron chi connectivity index (χ3n) is 5.87. The summed E-state index contributed by atoms with van der Waals surface area (Å²) in [5.41, 5.74) is -1.49. The van der Waals surface area contributed by atoms with Crippen molar-refractivity contribution in [1.82, 2.24) is 10.2 Å². The molecule has 0 aliphatic carbocycles. The van der Waals surface area contributed by atoms with Crippen LogP contribution in [0.2, 0.25) is 0 Å². The van der Waals surface area contributed by atoms with E-state index in [2.05, 4.69) is 5.32 Å². The standard InChI is InChI=1S/C18H18F3N3O3/c1-23-15(26)17(14(25)22-16(23)27)9-10-8-11(18(19,20)21)5-6-12(10)24-7-3-2-4-13(17)24/h5-6,8,13H,2-4,7,9H2,1H3,(H,22,25,27)/t13-,17-/m1/s1. The topological polar surface area (TPSA) is 69.7 Å². The van der Waals surface area contributed by atoms with E-state index in [1.54, 1.807) is 0 Å². The first-order chi connectivity index (χ1) is 12.7. The lowest BCUT2D eigenvalue weighted by atomic mass is 9.66. The highest BCUT2D eigenvalue weighted by molar-refractivity contribution is 6.20. The maximum absolute atomic E-state index is 13.2. The van der Waals surface area contributed by atoms with E-state index in [1.807, 2.05) is 4.90 Å². The van der Waals surface area contributed by atoms with Gasteiger partial charge in [0.1, 0.15) is 0 Å². The monoisotopic (exact) mass is 381 g/mol. The minimum absolute atomic E-state index is 0.157. The van der Waals surface area contributed by atoms with Crippen LogP contribution in [-0.4, -0.2) is 42.4 Å². The van der Waals surface area contributed by atoms with Crippen LogP contribution in [0.25, 0.3) is 0 Å². The number of carbonyl (C=O) groups excluding carboxylic acids is 3. The van der Waals surface area contributed by atoms with Crippen LogP contribution in [0.15, 0.2) is 18.2 Å². The highest BCUT2D eigenvalue weighted by Crippen LogP contribution is 2.48. The first-order valence-electron chi connectivity index (χ1n) is 8.76. The SMILES string of the molecule is CN1C(=O)NC(=O)[C@]2(Cc3cc(C(F)(F)F)ccc3N3CCCC[C@@H]32)C1=O. The van der Waals surface area contributed by atoms with E-state index in [1.165, 1.54) is 13.1 Å². The average molecular weight is 381 g/mol. The summed E-state index contributed by atoms with van der Waals surface area (Å²) >= 11 is 0. The van der Waals surface area contributed by atoms with Crippen LogP contribution in [0.4, 0.5) is 23.7 Å². The number of carbonyl (C=O) groups is 3. The van der Waals surface area contributed by atoms with Gasteiger partial charge in [-0.2, -0.15) is 13.2 Å². The lowest BCUT2D eigenvalue weighted by Gasteiger charge is -2.53. The Bertz CT molecular complexity index is 854. The third-order valence-corrected chi connectivity index (χ3v) is 5.87. The van der Waals surface area contributed by atoms with Crippen molar-refractivity contribution >= 4 is 23.5 Å². The Morgan fingerprint density at radius 3 is 2.63 bits per heavy atom. The van der Waals surface area contributed by atoms with Crippen LogP contribution in [0.1, 0.15) is 30.4 Å². The zero-order valence-electron chi connectivity index (χ0n) is 14.6. The number of piperidine rings is 1. The quantitative estimate of drug-likeness (QED) is 0.701. The second-order valence-corrected chi connectivity index (χ2v) is 7.32. The molecule has 4 amide bonds. The van der Waals surface area contributed by atoms with Gasteiger partial charge in [-0.15, -0.1) is 0 Å². The molecule has 9 heteroatoms. The molecule has 0 bridgehead atoms. The fraction of sp³-hybridized carbons (Fsp3) is 0.500. The minimum atomic E-state index is -4.52. The van der Waals surface area contributed by atoms with Gasteiger partial charge >= 0.3 is 12.2 Å². The van der Waals surface area contributed by atoms with Gasteiger partial charge in [0.25, 0.3) is 0 Å². The van der Waals surface area contributed by atoms with Crippen molar-refractivity contribution in [2.75, 3.05) is 18.5 Å². The number of hydrogen-bond donors (Lipinski definition) is 1. The van der Waals surface area contributed by atoms with Crippen molar-refractivity contribution < 1.29 is 27.6 Å². The number of imide groups is 2. The summed E-state index contributed by atoms with van der Waals surface area (Å²) < 4.78 is 39.5. The van der Waals surface area contributed by atoms with E-state index in [9.17, 15) is 27.6 Å². The zero-order chi connectivity index (χ0) is 19.6. The van der Waals surface area contributed by atoms with Gasteiger partial charge in [-0.25, -0.2) is 4.79 Å². The minimum Gasteiger partial charge on any atom is -0.367 e. The highest BCUT2D eigenvalue weighted by Gasteiger charge is 2.61. The molecule has 3 aliphatic rings. The maximum Gasteiger partial charge on any atom is 0.416 e. The van der Waals surface area contributed by atoms with Crippen LogP contribution in [-0.2, 0) is 22.2 Å². The molecule has 0 saturated carbocycles. The summed E-state index contributed by atoms with van der Waals surface area (Å²) in [7, 11) is 1.28. The maximum atomic E-state index is 13.2. The lowest BCUT2D eigenvalue weighted by molar-refractivity contribution is -0.153. The molecule has 1 N–H and O–H groups in total. The largest absolute Gasteiger partial charge is 0.416 e. The van der Waals surface area contributed by atoms with E-state index in [4.69, 9.17) is 0 Å². The number of benzene rings is 1. The molecule has 6 nitrogen and oxygen atoms in total. The number of nitrogens with one attached hydrogen (secondary N) is 1. The molecule has 27 heavy (non-hydrogen) atoms. The summed E-state index contributed by atoms with van der Waals surface area (Å²) in [6.45, 7) is 0.545. The summed E-state index contributed by atoms with van der Waals surface area (Å²) in [4.78, 5) is 40.5. The van der Waals surface area contributed by atoms with Crippen molar-refractivity contribution in [3.63, 3.8) is 0 Å². The fourth-order valence-electron chi connectivity index (χ4n) is 4.56. The van der Waals surface area contributed by atoms with Crippen molar-refractivity contribution in [2.24, 2.45) is 5.41 Å². The van der Waals surface area contributed by atoms with Crippen molar-refractivity contribution in [3.8, 4) is 0 Å².